The Morgan fingerprint density at radius 1 is 1.40 bits per heavy atom. The summed E-state index contributed by atoms with van der Waals surface area (Å²) in [7, 11) is 1.66. The molecule has 1 aliphatic heterocycles. The quantitative estimate of drug-likeness (QED) is 0.816. The summed E-state index contributed by atoms with van der Waals surface area (Å²) >= 11 is 0. The Balaban J connectivity index is 1.67. The van der Waals surface area contributed by atoms with Crippen molar-refractivity contribution >= 4 is 11.8 Å². The highest BCUT2D eigenvalue weighted by atomic mass is 16.3. The predicted molar refractivity (Wildman–Crippen MR) is 73.8 cm³/mol. The molecule has 0 unspecified atom stereocenters. The van der Waals surface area contributed by atoms with Crippen LogP contribution in [0.5, 0.6) is 0 Å². The molecule has 0 atom stereocenters. The molecule has 2 rings (SSSR count). The van der Waals surface area contributed by atoms with E-state index in [-0.39, 0.29) is 17.7 Å². The Kier molecular flexibility index (Phi) is 5.17. The van der Waals surface area contributed by atoms with Gasteiger partial charge < -0.3 is 15.1 Å². The fraction of sp³-hybridized carbons (Fsp3) is 0.571. The minimum Gasteiger partial charge on any atom is -0.467 e. The summed E-state index contributed by atoms with van der Waals surface area (Å²) < 4.78 is 5.15. The maximum absolute atomic E-state index is 11.8. The van der Waals surface area contributed by atoms with Crippen molar-refractivity contribution in [2.24, 2.45) is 5.92 Å². The molecule has 2 N–H and O–H groups in total. The van der Waals surface area contributed by atoms with Gasteiger partial charge >= 0.3 is 0 Å². The molecule has 20 heavy (non-hydrogen) atoms. The maximum Gasteiger partial charge on any atom is 0.234 e. The SMILES string of the molecule is CNC(=O)C1CCN(CC(=O)NCc2ccco2)CC1. The number of nitrogens with one attached hydrogen (secondary N) is 2. The van der Waals surface area contributed by atoms with Crippen molar-refractivity contribution in [3.8, 4) is 0 Å². The highest BCUT2D eigenvalue weighted by molar-refractivity contribution is 5.79. The van der Waals surface area contributed by atoms with E-state index >= 15 is 0 Å². The molecule has 2 heterocycles. The number of rotatable bonds is 5. The standard InChI is InChI=1S/C14H21N3O3/c1-15-14(19)11-4-6-17(7-5-11)10-13(18)16-9-12-3-2-8-20-12/h2-3,8,11H,4-7,9-10H2,1H3,(H,15,19)(H,16,18). The molecule has 1 aromatic rings. The van der Waals surface area contributed by atoms with Crippen molar-refractivity contribution in [3.05, 3.63) is 24.2 Å². The van der Waals surface area contributed by atoms with E-state index in [1.54, 1.807) is 19.4 Å². The molecule has 6 heteroatoms. The van der Waals surface area contributed by atoms with Crippen LogP contribution in [0.4, 0.5) is 0 Å². The van der Waals surface area contributed by atoms with Crippen molar-refractivity contribution in [2.75, 3.05) is 26.7 Å². The third-order valence-corrected chi connectivity index (χ3v) is 3.61. The van der Waals surface area contributed by atoms with Crippen LogP contribution in [0.1, 0.15) is 18.6 Å². The van der Waals surface area contributed by atoms with Gasteiger partial charge in [0.2, 0.25) is 11.8 Å². The second-order valence-electron chi connectivity index (χ2n) is 5.02. The van der Waals surface area contributed by atoms with Gasteiger partial charge in [-0.25, -0.2) is 0 Å². The predicted octanol–water partition coefficient (Wildman–Crippen LogP) is 0.354. The minimum atomic E-state index is -0.0141. The monoisotopic (exact) mass is 279 g/mol. The van der Waals surface area contributed by atoms with Gasteiger partial charge in [0.15, 0.2) is 0 Å². The molecule has 0 aromatic carbocycles. The lowest BCUT2D eigenvalue weighted by Gasteiger charge is -2.30. The lowest BCUT2D eigenvalue weighted by molar-refractivity contribution is -0.126. The number of furan rings is 1. The van der Waals surface area contributed by atoms with Crippen molar-refractivity contribution in [1.82, 2.24) is 15.5 Å². The van der Waals surface area contributed by atoms with Gasteiger partial charge in [-0.3, -0.25) is 14.5 Å². The molecular formula is C14H21N3O3. The number of hydrogen-bond donors (Lipinski definition) is 2. The first-order valence-electron chi connectivity index (χ1n) is 6.92. The van der Waals surface area contributed by atoms with Crippen molar-refractivity contribution in [1.29, 1.82) is 0 Å². The first kappa shape index (κ1) is 14.6. The number of likely N-dealkylation sites (tertiary alicyclic amines) is 1. The Morgan fingerprint density at radius 2 is 2.15 bits per heavy atom. The maximum atomic E-state index is 11.8. The van der Waals surface area contributed by atoms with Gasteiger partial charge in [-0.05, 0) is 38.1 Å². The topological polar surface area (TPSA) is 74.6 Å². The summed E-state index contributed by atoms with van der Waals surface area (Å²) in [6.07, 6.45) is 3.21. The van der Waals surface area contributed by atoms with E-state index in [4.69, 9.17) is 4.42 Å². The van der Waals surface area contributed by atoms with Crippen LogP contribution in [0.25, 0.3) is 0 Å². The van der Waals surface area contributed by atoms with Crippen LogP contribution in [0.2, 0.25) is 0 Å². The number of piperidine rings is 1. The number of carbonyl (C=O) groups excluding carboxylic acids is 2. The van der Waals surface area contributed by atoms with Crippen molar-refractivity contribution < 1.29 is 14.0 Å². The number of nitrogens with zero attached hydrogens (tertiary/aromatic N) is 1. The molecule has 0 bridgehead atoms. The molecule has 1 saturated heterocycles. The molecule has 0 radical (unpaired) electrons. The van der Waals surface area contributed by atoms with E-state index < -0.39 is 0 Å². The van der Waals surface area contributed by atoms with Crippen LogP contribution in [0.15, 0.2) is 22.8 Å². The van der Waals surface area contributed by atoms with Gasteiger partial charge in [-0.2, -0.15) is 0 Å². The lowest BCUT2D eigenvalue weighted by atomic mass is 9.96. The van der Waals surface area contributed by atoms with Crippen LogP contribution in [0, 0.1) is 5.92 Å². The zero-order valence-corrected chi connectivity index (χ0v) is 11.7. The zero-order chi connectivity index (χ0) is 14.4. The fourth-order valence-electron chi connectivity index (χ4n) is 2.42. The second kappa shape index (κ2) is 7.09. The summed E-state index contributed by atoms with van der Waals surface area (Å²) in [4.78, 5) is 25.4. The average Bonchev–Trinajstić information content (AvgIpc) is 2.98. The average molecular weight is 279 g/mol. The first-order chi connectivity index (χ1) is 9.69. The van der Waals surface area contributed by atoms with Crippen molar-refractivity contribution in [2.45, 2.75) is 19.4 Å². The van der Waals surface area contributed by atoms with Gasteiger partial charge in [-0.1, -0.05) is 0 Å². The highest BCUT2D eigenvalue weighted by Gasteiger charge is 2.24. The molecule has 0 aliphatic carbocycles. The summed E-state index contributed by atoms with van der Waals surface area (Å²) in [5.74, 6) is 0.922. The Bertz CT molecular complexity index is 437. The molecule has 110 valence electrons. The van der Waals surface area contributed by atoms with Crippen molar-refractivity contribution in [3.63, 3.8) is 0 Å². The van der Waals surface area contributed by atoms with Gasteiger partial charge in [0.25, 0.3) is 0 Å². The van der Waals surface area contributed by atoms with Gasteiger partial charge in [0, 0.05) is 13.0 Å². The molecule has 6 nitrogen and oxygen atoms in total. The Labute approximate surface area is 118 Å². The molecule has 0 spiro atoms. The number of amides is 2. The van der Waals surface area contributed by atoms with E-state index in [0.29, 0.717) is 13.1 Å². The molecule has 2 amide bonds. The van der Waals surface area contributed by atoms with Gasteiger partial charge in [-0.15, -0.1) is 0 Å². The normalized spacial score (nSPS) is 16.9. The molecule has 0 saturated carbocycles. The molecule has 1 aliphatic rings. The van der Waals surface area contributed by atoms with E-state index in [9.17, 15) is 9.59 Å². The highest BCUT2D eigenvalue weighted by Crippen LogP contribution is 2.16. The van der Waals surface area contributed by atoms with E-state index in [1.807, 2.05) is 6.07 Å². The molecule has 1 aromatic heterocycles. The van der Waals surface area contributed by atoms with Crippen LogP contribution < -0.4 is 10.6 Å². The van der Waals surface area contributed by atoms with E-state index in [1.165, 1.54) is 0 Å². The van der Waals surface area contributed by atoms with Crippen LogP contribution in [-0.2, 0) is 16.1 Å². The summed E-state index contributed by atoms with van der Waals surface area (Å²) in [5, 5.41) is 5.50. The van der Waals surface area contributed by atoms with Crippen LogP contribution >= 0.6 is 0 Å². The zero-order valence-electron chi connectivity index (χ0n) is 11.7. The van der Waals surface area contributed by atoms with E-state index in [2.05, 4.69) is 15.5 Å². The lowest BCUT2D eigenvalue weighted by Crippen LogP contribution is -2.43. The van der Waals surface area contributed by atoms with E-state index in [0.717, 1.165) is 31.7 Å². The fourth-order valence-corrected chi connectivity index (χ4v) is 2.42. The third-order valence-electron chi connectivity index (χ3n) is 3.61. The van der Waals surface area contributed by atoms with Gasteiger partial charge in [0.05, 0.1) is 19.4 Å². The smallest absolute Gasteiger partial charge is 0.234 e. The summed E-state index contributed by atoms with van der Waals surface area (Å²) in [6.45, 7) is 2.36. The Hall–Kier alpha value is -1.82. The van der Waals surface area contributed by atoms with Crippen LogP contribution in [0.3, 0.4) is 0 Å². The summed E-state index contributed by atoms with van der Waals surface area (Å²) in [6, 6.07) is 3.63. The van der Waals surface area contributed by atoms with Crippen LogP contribution in [-0.4, -0.2) is 43.4 Å². The second-order valence-corrected chi connectivity index (χ2v) is 5.02. The first-order valence-corrected chi connectivity index (χ1v) is 6.92. The number of hydrogen-bond acceptors (Lipinski definition) is 4. The summed E-state index contributed by atoms with van der Waals surface area (Å²) in [5.41, 5.74) is 0. The Morgan fingerprint density at radius 3 is 2.75 bits per heavy atom. The number of carbonyl (C=O) groups is 2. The molecular weight excluding hydrogens is 258 g/mol. The minimum absolute atomic E-state index is 0.0141. The third kappa shape index (κ3) is 4.09. The molecule has 1 fully saturated rings. The van der Waals surface area contributed by atoms with Gasteiger partial charge in [0.1, 0.15) is 5.76 Å². The largest absolute Gasteiger partial charge is 0.467 e.